The molecule has 10 nitrogen and oxygen atoms in total. The summed E-state index contributed by atoms with van der Waals surface area (Å²) in [6.07, 6.45) is 2.00. The van der Waals surface area contributed by atoms with Crippen molar-refractivity contribution in [3.8, 4) is 17.2 Å². The third-order valence-corrected chi connectivity index (χ3v) is 7.05. The third-order valence-electron chi connectivity index (χ3n) is 6.11. The molecule has 1 aliphatic heterocycles. The van der Waals surface area contributed by atoms with Crippen molar-refractivity contribution >= 4 is 29.4 Å². The lowest BCUT2D eigenvalue weighted by atomic mass is 10.1. The molecular formula is C25H24N4O6S. The molecule has 0 N–H and O–H groups in total. The molecule has 0 saturated heterocycles. The Bertz CT molecular complexity index is 1310. The average molecular weight is 509 g/mol. The number of carbonyl (C=O) groups excluding carboxylic acids is 3. The summed E-state index contributed by atoms with van der Waals surface area (Å²) in [5.74, 6) is 1.17. The highest BCUT2D eigenvalue weighted by Crippen LogP contribution is 2.39. The third kappa shape index (κ3) is 4.19. The van der Waals surface area contributed by atoms with E-state index in [1.165, 1.54) is 37.8 Å². The number of benzene rings is 2. The standard InChI is InChI=1S/C25H24N4O6S/c1-33-19-10-14(11-20(34-2)22(19)35-3)12-21-26-27-25(36-13-18(30)15-8-9-15)28(21)29-23(31)16-6-4-5-7-17(16)24(29)32/h4-7,10-11,15H,8-9,12-13H2,1-3H3. The molecule has 2 amide bonds. The summed E-state index contributed by atoms with van der Waals surface area (Å²) in [4.78, 5) is 39.0. The van der Waals surface area contributed by atoms with E-state index < -0.39 is 11.8 Å². The highest BCUT2D eigenvalue weighted by atomic mass is 32.2. The molecular weight excluding hydrogens is 484 g/mol. The van der Waals surface area contributed by atoms with Gasteiger partial charge in [-0.2, -0.15) is 5.01 Å². The molecule has 1 fully saturated rings. The Kier molecular flexibility index (Phi) is 6.40. The lowest BCUT2D eigenvalue weighted by molar-refractivity contribution is -0.117. The van der Waals surface area contributed by atoms with Crippen molar-refractivity contribution in [2.24, 2.45) is 5.92 Å². The molecule has 36 heavy (non-hydrogen) atoms. The van der Waals surface area contributed by atoms with Gasteiger partial charge in [0, 0.05) is 12.3 Å². The lowest BCUT2D eigenvalue weighted by Crippen LogP contribution is -2.41. The summed E-state index contributed by atoms with van der Waals surface area (Å²) < 4.78 is 17.7. The fourth-order valence-electron chi connectivity index (χ4n) is 4.13. The zero-order valence-electron chi connectivity index (χ0n) is 20.0. The molecule has 5 rings (SSSR count). The molecule has 0 unspecified atom stereocenters. The second-order valence-corrected chi connectivity index (χ2v) is 9.36. The largest absolute Gasteiger partial charge is 0.493 e. The van der Waals surface area contributed by atoms with Gasteiger partial charge in [-0.25, -0.2) is 4.68 Å². The van der Waals surface area contributed by atoms with Crippen LogP contribution in [0.25, 0.3) is 0 Å². The van der Waals surface area contributed by atoms with Crippen molar-refractivity contribution in [2.75, 3.05) is 32.1 Å². The van der Waals surface area contributed by atoms with Gasteiger partial charge in [0.25, 0.3) is 11.8 Å². The maximum Gasteiger partial charge on any atom is 0.281 e. The fraction of sp³-hybridized carbons (Fsp3) is 0.320. The molecule has 0 bridgehead atoms. The highest BCUT2D eigenvalue weighted by molar-refractivity contribution is 7.99. The minimum Gasteiger partial charge on any atom is -0.493 e. The minimum absolute atomic E-state index is 0.0897. The van der Waals surface area contributed by atoms with Crippen molar-refractivity contribution < 1.29 is 28.6 Å². The van der Waals surface area contributed by atoms with Gasteiger partial charge >= 0.3 is 0 Å². The minimum atomic E-state index is -0.475. The summed E-state index contributed by atoms with van der Waals surface area (Å²) in [6, 6.07) is 10.2. The number of aromatic nitrogens is 3. The summed E-state index contributed by atoms with van der Waals surface area (Å²) >= 11 is 1.17. The Labute approximate surface area is 211 Å². The molecule has 0 radical (unpaired) electrons. The van der Waals surface area contributed by atoms with Gasteiger partial charge in [0.2, 0.25) is 10.9 Å². The molecule has 0 spiro atoms. The van der Waals surface area contributed by atoms with Crippen LogP contribution in [0.2, 0.25) is 0 Å². The Balaban J connectivity index is 1.54. The zero-order valence-corrected chi connectivity index (χ0v) is 20.8. The number of fused-ring (bicyclic) bond motifs is 1. The summed E-state index contributed by atoms with van der Waals surface area (Å²) in [6.45, 7) is 0. The molecule has 2 aromatic carbocycles. The van der Waals surface area contributed by atoms with E-state index in [0.717, 1.165) is 23.4 Å². The van der Waals surface area contributed by atoms with E-state index in [-0.39, 0.29) is 23.9 Å². The average Bonchev–Trinajstić information content (AvgIpc) is 3.64. The second kappa shape index (κ2) is 9.65. The summed E-state index contributed by atoms with van der Waals surface area (Å²) in [5.41, 5.74) is 1.35. The molecule has 3 aromatic rings. The van der Waals surface area contributed by atoms with Gasteiger partial charge in [0.15, 0.2) is 17.3 Å². The number of methoxy groups -OCH3 is 3. The summed E-state index contributed by atoms with van der Waals surface area (Å²) in [5, 5.41) is 9.89. The van der Waals surface area contributed by atoms with Gasteiger partial charge in [-0.05, 0) is 42.7 Å². The number of thioether (sulfide) groups is 1. The monoisotopic (exact) mass is 508 g/mol. The normalized spacial score (nSPS) is 14.7. The molecule has 1 aliphatic carbocycles. The van der Waals surface area contributed by atoms with Crippen molar-refractivity contribution in [1.82, 2.24) is 14.9 Å². The quantitative estimate of drug-likeness (QED) is 0.301. The lowest BCUT2D eigenvalue weighted by Gasteiger charge is -2.19. The molecule has 2 heterocycles. The number of amides is 2. The number of imide groups is 1. The Morgan fingerprint density at radius 1 is 0.972 bits per heavy atom. The molecule has 11 heteroatoms. The summed E-state index contributed by atoms with van der Waals surface area (Å²) in [7, 11) is 4.56. The van der Waals surface area contributed by atoms with Crippen molar-refractivity contribution in [1.29, 1.82) is 0 Å². The first-order valence-electron chi connectivity index (χ1n) is 11.3. The maximum absolute atomic E-state index is 13.3. The van der Waals surface area contributed by atoms with Gasteiger partial charge in [-0.3, -0.25) is 14.4 Å². The number of carbonyl (C=O) groups is 3. The predicted octanol–water partition coefficient (Wildman–Crippen LogP) is 2.90. The molecule has 1 aromatic heterocycles. The number of Topliss-reactive ketones (excluding diaryl/α,β-unsaturated/α-hetero) is 1. The van der Waals surface area contributed by atoms with Gasteiger partial charge in [-0.1, -0.05) is 23.9 Å². The highest BCUT2D eigenvalue weighted by Gasteiger charge is 2.40. The van der Waals surface area contributed by atoms with Crippen LogP contribution in [0.5, 0.6) is 17.2 Å². The first-order chi connectivity index (χ1) is 17.5. The van der Waals surface area contributed by atoms with Gasteiger partial charge in [-0.15, -0.1) is 10.2 Å². The SMILES string of the molecule is COc1cc(Cc2nnc(SCC(=O)C3CC3)n2N2C(=O)c3ccccc3C2=O)cc(OC)c1OC. The maximum atomic E-state index is 13.3. The van der Waals surface area contributed by atoms with Gasteiger partial charge in [0.05, 0.1) is 38.2 Å². The molecule has 0 atom stereocenters. The Morgan fingerprint density at radius 2 is 1.58 bits per heavy atom. The Hall–Kier alpha value is -3.86. The van der Waals surface area contributed by atoms with Crippen LogP contribution < -0.4 is 19.2 Å². The van der Waals surface area contributed by atoms with E-state index in [4.69, 9.17) is 14.2 Å². The van der Waals surface area contributed by atoms with Gasteiger partial charge < -0.3 is 14.2 Å². The first kappa shape index (κ1) is 23.9. The second-order valence-electron chi connectivity index (χ2n) is 8.42. The number of ether oxygens (including phenoxy) is 3. The zero-order chi connectivity index (χ0) is 25.4. The van der Waals surface area contributed by atoms with E-state index in [9.17, 15) is 14.4 Å². The van der Waals surface area contributed by atoms with Crippen LogP contribution in [0.1, 0.15) is 44.9 Å². The van der Waals surface area contributed by atoms with E-state index in [0.29, 0.717) is 39.4 Å². The molecule has 1 saturated carbocycles. The van der Waals surface area contributed by atoms with E-state index >= 15 is 0 Å². The van der Waals surface area contributed by atoms with Crippen LogP contribution in [-0.4, -0.2) is 59.6 Å². The smallest absolute Gasteiger partial charge is 0.281 e. The van der Waals surface area contributed by atoms with Gasteiger partial charge in [0.1, 0.15) is 5.78 Å². The van der Waals surface area contributed by atoms with E-state index in [1.807, 2.05) is 0 Å². The van der Waals surface area contributed by atoms with E-state index in [2.05, 4.69) is 10.2 Å². The van der Waals surface area contributed by atoms with Crippen LogP contribution in [0, 0.1) is 5.92 Å². The number of ketones is 1. The van der Waals surface area contributed by atoms with Crippen LogP contribution in [0.3, 0.4) is 0 Å². The molecule has 186 valence electrons. The van der Waals surface area contributed by atoms with Crippen molar-refractivity contribution in [3.63, 3.8) is 0 Å². The fourth-order valence-corrected chi connectivity index (χ4v) is 5.05. The van der Waals surface area contributed by atoms with E-state index in [1.54, 1.807) is 36.4 Å². The van der Waals surface area contributed by atoms with Crippen molar-refractivity contribution in [2.45, 2.75) is 24.4 Å². The van der Waals surface area contributed by atoms with Crippen LogP contribution in [0.4, 0.5) is 0 Å². The van der Waals surface area contributed by atoms with Crippen molar-refractivity contribution in [3.05, 3.63) is 58.9 Å². The Morgan fingerprint density at radius 3 is 2.11 bits per heavy atom. The van der Waals surface area contributed by atoms with Crippen LogP contribution in [0.15, 0.2) is 41.6 Å². The molecule has 2 aliphatic rings. The van der Waals surface area contributed by atoms with Crippen LogP contribution >= 0.6 is 11.8 Å². The number of hydrogen-bond donors (Lipinski definition) is 0. The number of nitrogens with zero attached hydrogens (tertiary/aromatic N) is 4. The number of rotatable bonds is 10. The first-order valence-corrected chi connectivity index (χ1v) is 12.3. The number of hydrogen-bond acceptors (Lipinski definition) is 9. The predicted molar refractivity (Wildman–Crippen MR) is 131 cm³/mol. The topological polar surface area (TPSA) is 113 Å². The van der Waals surface area contributed by atoms with Crippen LogP contribution in [-0.2, 0) is 11.2 Å².